The number of benzene rings is 1. The Balaban J connectivity index is 1.57. The molecule has 0 aromatic heterocycles. The van der Waals surface area contributed by atoms with Gasteiger partial charge in [-0.05, 0) is 56.2 Å². The Kier molecular flexibility index (Phi) is 7.45. The van der Waals surface area contributed by atoms with Crippen molar-refractivity contribution in [3.63, 3.8) is 0 Å². The molecule has 1 aliphatic carbocycles. The Morgan fingerprint density at radius 3 is 2.61 bits per heavy atom. The zero-order valence-electron chi connectivity index (χ0n) is 21.6. The second kappa shape index (κ2) is 10.00. The smallest absolute Gasteiger partial charge is 0.127 e. The lowest BCUT2D eigenvalue weighted by atomic mass is 9.66. The summed E-state index contributed by atoms with van der Waals surface area (Å²) >= 11 is 0. The van der Waals surface area contributed by atoms with Gasteiger partial charge in [0, 0.05) is 37.0 Å². The maximum Gasteiger partial charge on any atom is 0.127 e. The van der Waals surface area contributed by atoms with Crippen LogP contribution < -0.4 is 4.74 Å². The summed E-state index contributed by atoms with van der Waals surface area (Å²) in [5.41, 5.74) is 3.52. The van der Waals surface area contributed by atoms with E-state index in [-0.39, 0.29) is 11.0 Å². The number of hydrogen-bond donors (Lipinski definition) is 1. The molecule has 4 rings (SSSR count). The molecular formula is C29H45NO3. The van der Waals surface area contributed by atoms with Crippen molar-refractivity contribution in [3.8, 4) is 11.5 Å². The van der Waals surface area contributed by atoms with Crippen LogP contribution in [0.4, 0.5) is 0 Å². The Hall–Kier alpha value is -1.52. The van der Waals surface area contributed by atoms with Gasteiger partial charge in [0.2, 0.25) is 0 Å². The standard InChI is InChI=1S/C29H45NO3/c1-6-7-8-9-12-28(2,3)22-18-25(31)27-23-17-21(20-30-13-15-32-16-14-30)10-11-24(23)29(4,5)33-26(27)19-22/h10,18-19,23-24,31H,6-9,11-17,20H2,1-5H3/t23-,24-/m0/s1. The van der Waals surface area contributed by atoms with Gasteiger partial charge in [-0.2, -0.15) is 0 Å². The molecule has 1 aromatic carbocycles. The maximum absolute atomic E-state index is 11.3. The van der Waals surface area contributed by atoms with Gasteiger partial charge in [-0.1, -0.05) is 58.1 Å². The lowest BCUT2D eigenvalue weighted by Crippen LogP contribution is -2.46. The number of aromatic hydroxyl groups is 1. The van der Waals surface area contributed by atoms with Crippen LogP contribution in [0.5, 0.6) is 11.5 Å². The molecule has 0 saturated carbocycles. The maximum atomic E-state index is 11.3. The Bertz CT molecular complexity index is 851. The van der Waals surface area contributed by atoms with Gasteiger partial charge in [-0.25, -0.2) is 0 Å². The number of rotatable bonds is 8. The minimum atomic E-state index is -0.241. The van der Waals surface area contributed by atoms with E-state index in [0.717, 1.165) is 63.4 Å². The first-order valence-electron chi connectivity index (χ1n) is 13.3. The van der Waals surface area contributed by atoms with E-state index in [0.29, 0.717) is 17.6 Å². The molecule has 4 heteroatoms. The number of nitrogens with zero attached hydrogens (tertiary/aromatic N) is 1. The number of phenols is 1. The first-order valence-corrected chi connectivity index (χ1v) is 13.3. The van der Waals surface area contributed by atoms with Gasteiger partial charge >= 0.3 is 0 Å². The zero-order chi connectivity index (χ0) is 23.6. The zero-order valence-corrected chi connectivity index (χ0v) is 21.6. The van der Waals surface area contributed by atoms with Crippen molar-refractivity contribution in [3.05, 3.63) is 34.9 Å². The van der Waals surface area contributed by atoms with E-state index < -0.39 is 0 Å². The lowest BCUT2D eigenvalue weighted by molar-refractivity contribution is 0.00580. The van der Waals surface area contributed by atoms with Crippen molar-refractivity contribution in [2.24, 2.45) is 5.92 Å². The third-order valence-corrected chi connectivity index (χ3v) is 8.35. The summed E-state index contributed by atoms with van der Waals surface area (Å²) < 4.78 is 12.1. The molecule has 1 saturated heterocycles. The quantitative estimate of drug-likeness (QED) is 0.356. The van der Waals surface area contributed by atoms with Gasteiger partial charge in [0.15, 0.2) is 0 Å². The van der Waals surface area contributed by atoms with Gasteiger partial charge < -0.3 is 14.6 Å². The fraction of sp³-hybridized carbons (Fsp3) is 0.724. The van der Waals surface area contributed by atoms with Crippen molar-refractivity contribution in [1.29, 1.82) is 0 Å². The van der Waals surface area contributed by atoms with Gasteiger partial charge in [-0.3, -0.25) is 4.90 Å². The highest BCUT2D eigenvalue weighted by Crippen LogP contribution is 2.55. The van der Waals surface area contributed by atoms with Crippen LogP contribution >= 0.6 is 0 Å². The summed E-state index contributed by atoms with van der Waals surface area (Å²) in [7, 11) is 0. The minimum Gasteiger partial charge on any atom is -0.508 e. The molecule has 0 amide bonds. The van der Waals surface area contributed by atoms with Crippen LogP contribution in [0, 0.1) is 5.92 Å². The number of morpholine rings is 1. The fourth-order valence-corrected chi connectivity index (χ4v) is 6.17. The van der Waals surface area contributed by atoms with E-state index in [9.17, 15) is 5.11 Å². The summed E-state index contributed by atoms with van der Waals surface area (Å²) in [4.78, 5) is 2.51. The van der Waals surface area contributed by atoms with Crippen LogP contribution in [0.2, 0.25) is 0 Å². The largest absolute Gasteiger partial charge is 0.508 e. The highest BCUT2D eigenvalue weighted by molar-refractivity contribution is 5.54. The minimum absolute atomic E-state index is 0.0264. The Morgan fingerprint density at radius 1 is 1.12 bits per heavy atom. The van der Waals surface area contributed by atoms with Gasteiger partial charge in [-0.15, -0.1) is 0 Å². The molecule has 2 heterocycles. The van der Waals surface area contributed by atoms with E-state index >= 15 is 0 Å². The molecule has 0 bridgehead atoms. The van der Waals surface area contributed by atoms with Crippen LogP contribution in [0.25, 0.3) is 0 Å². The van der Waals surface area contributed by atoms with Crippen LogP contribution in [0.3, 0.4) is 0 Å². The molecule has 0 spiro atoms. The SMILES string of the molecule is CCCCCCC(C)(C)c1cc(O)c2c(c1)OC(C)(C)[C@H]1CC=C(CN3CCOCC3)C[C@H]21. The molecule has 1 N–H and O–H groups in total. The molecular weight excluding hydrogens is 410 g/mol. The summed E-state index contributed by atoms with van der Waals surface area (Å²) in [5, 5.41) is 11.3. The van der Waals surface area contributed by atoms with Gasteiger partial charge in [0.1, 0.15) is 17.1 Å². The van der Waals surface area contributed by atoms with Crippen molar-refractivity contribution in [2.45, 2.75) is 96.5 Å². The van der Waals surface area contributed by atoms with Crippen molar-refractivity contribution in [2.75, 3.05) is 32.8 Å². The molecule has 184 valence electrons. The monoisotopic (exact) mass is 455 g/mol. The first-order chi connectivity index (χ1) is 15.7. The van der Waals surface area contributed by atoms with Gasteiger partial charge in [0.25, 0.3) is 0 Å². The van der Waals surface area contributed by atoms with Crippen LogP contribution in [-0.2, 0) is 10.2 Å². The number of ether oxygens (including phenoxy) is 2. The van der Waals surface area contributed by atoms with E-state index in [2.05, 4.69) is 51.7 Å². The molecule has 33 heavy (non-hydrogen) atoms. The number of phenolic OH excluding ortho intramolecular Hbond substituents is 1. The lowest BCUT2D eigenvalue weighted by Gasteiger charge is -2.48. The summed E-state index contributed by atoms with van der Waals surface area (Å²) in [5.74, 6) is 2.04. The third-order valence-electron chi connectivity index (χ3n) is 8.35. The average Bonchev–Trinajstić information content (AvgIpc) is 2.76. The van der Waals surface area contributed by atoms with Crippen molar-refractivity contribution in [1.82, 2.24) is 4.90 Å². The van der Waals surface area contributed by atoms with Crippen molar-refractivity contribution >= 4 is 0 Å². The molecule has 0 unspecified atom stereocenters. The molecule has 1 fully saturated rings. The topological polar surface area (TPSA) is 41.9 Å². The van der Waals surface area contributed by atoms with Crippen LogP contribution in [0.1, 0.15) is 96.6 Å². The summed E-state index contributed by atoms with van der Waals surface area (Å²) in [6.45, 7) is 16.0. The third kappa shape index (κ3) is 5.43. The van der Waals surface area contributed by atoms with E-state index in [1.807, 2.05) is 6.07 Å². The average molecular weight is 456 g/mol. The second-order valence-corrected chi connectivity index (χ2v) is 11.7. The highest BCUT2D eigenvalue weighted by Gasteiger charge is 2.46. The number of hydrogen-bond acceptors (Lipinski definition) is 4. The molecule has 2 aliphatic heterocycles. The molecule has 2 atom stereocenters. The Morgan fingerprint density at radius 2 is 1.88 bits per heavy atom. The van der Waals surface area contributed by atoms with E-state index in [1.165, 1.54) is 36.8 Å². The predicted octanol–water partition coefficient (Wildman–Crippen LogP) is 6.56. The summed E-state index contributed by atoms with van der Waals surface area (Å²) in [6, 6.07) is 4.28. The Labute approximate surface area is 201 Å². The molecule has 3 aliphatic rings. The molecule has 0 radical (unpaired) electrons. The van der Waals surface area contributed by atoms with Gasteiger partial charge in [0.05, 0.1) is 13.2 Å². The number of unbranched alkanes of at least 4 members (excludes halogenated alkanes) is 3. The van der Waals surface area contributed by atoms with Crippen molar-refractivity contribution < 1.29 is 14.6 Å². The normalized spacial score (nSPS) is 25.1. The number of allylic oxidation sites excluding steroid dienone is 1. The molecule has 4 nitrogen and oxygen atoms in total. The number of fused-ring (bicyclic) bond motifs is 3. The summed E-state index contributed by atoms with van der Waals surface area (Å²) in [6.07, 6.45) is 10.7. The highest BCUT2D eigenvalue weighted by atomic mass is 16.5. The fourth-order valence-electron chi connectivity index (χ4n) is 6.17. The second-order valence-electron chi connectivity index (χ2n) is 11.7. The predicted molar refractivity (Wildman–Crippen MR) is 135 cm³/mol. The van der Waals surface area contributed by atoms with E-state index in [1.54, 1.807) is 0 Å². The molecule has 1 aromatic rings. The first kappa shape index (κ1) is 24.6. The van der Waals surface area contributed by atoms with Crippen LogP contribution in [-0.4, -0.2) is 48.5 Å². The van der Waals surface area contributed by atoms with Crippen LogP contribution in [0.15, 0.2) is 23.8 Å². The van der Waals surface area contributed by atoms with E-state index in [4.69, 9.17) is 9.47 Å².